The van der Waals surface area contributed by atoms with Crippen LogP contribution in [0.3, 0.4) is 0 Å². The lowest BCUT2D eigenvalue weighted by atomic mass is 9.75. The monoisotopic (exact) mass is 227 g/mol. The summed E-state index contributed by atoms with van der Waals surface area (Å²) < 4.78 is 0. The number of allylic oxidation sites excluding steroid dienone is 6. The van der Waals surface area contributed by atoms with Crippen LogP contribution in [-0.4, -0.2) is 6.54 Å². The van der Waals surface area contributed by atoms with Gasteiger partial charge >= 0.3 is 0 Å². The maximum absolute atomic E-state index is 3.64. The van der Waals surface area contributed by atoms with Crippen molar-refractivity contribution in [1.29, 1.82) is 0 Å². The predicted octanol–water partition coefficient (Wildman–Crippen LogP) is 3.99. The third-order valence-corrected chi connectivity index (χ3v) is 5.03. The lowest BCUT2D eigenvalue weighted by Gasteiger charge is -2.34. The second-order valence-electron chi connectivity index (χ2n) is 5.88. The summed E-state index contributed by atoms with van der Waals surface area (Å²) >= 11 is 0. The van der Waals surface area contributed by atoms with Crippen LogP contribution in [0.1, 0.15) is 57.8 Å². The Morgan fingerprint density at radius 2 is 1.41 bits per heavy atom. The van der Waals surface area contributed by atoms with Crippen molar-refractivity contribution < 1.29 is 0 Å². The minimum Gasteiger partial charge on any atom is -0.388 e. The molecule has 0 spiro atoms. The van der Waals surface area contributed by atoms with Crippen molar-refractivity contribution >= 4 is 0 Å². The van der Waals surface area contributed by atoms with E-state index in [1.54, 1.807) is 28.0 Å². The first-order chi connectivity index (χ1) is 8.43. The lowest BCUT2D eigenvalue weighted by Crippen LogP contribution is -2.26. The third-order valence-electron chi connectivity index (χ3n) is 5.03. The van der Waals surface area contributed by atoms with Gasteiger partial charge in [-0.15, -0.1) is 0 Å². The first-order valence-electron chi connectivity index (χ1n) is 7.33. The van der Waals surface area contributed by atoms with E-state index in [1.807, 2.05) is 5.57 Å². The van der Waals surface area contributed by atoms with Gasteiger partial charge in [0.1, 0.15) is 0 Å². The zero-order chi connectivity index (χ0) is 11.2. The molecule has 0 saturated carbocycles. The number of fused-ring (bicyclic) bond motifs is 2. The molecule has 0 atom stereocenters. The molecule has 17 heavy (non-hydrogen) atoms. The molecule has 1 heteroatoms. The fraction of sp³-hybridized carbons (Fsp3) is 0.625. The molecule has 0 amide bonds. The van der Waals surface area contributed by atoms with Crippen LogP contribution in [0, 0.1) is 0 Å². The minimum absolute atomic E-state index is 1.20. The quantitative estimate of drug-likeness (QED) is 0.660. The van der Waals surface area contributed by atoms with E-state index in [-0.39, 0.29) is 0 Å². The molecule has 0 radical (unpaired) electrons. The van der Waals surface area contributed by atoms with Gasteiger partial charge in [-0.25, -0.2) is 0 Å². The van der Waals surface area contributed by atoms with Gasteiger partial charge in [0.05, 0.1) is 0 Å². The van der Waals surface area contributed by atoms with E-state index < -0.39 is 0 Å². The second kappa shape index (κ2) is 3.76. The molecule has 0 unspecified atom stereocenters. The molecular weight excluding hydrogens is 206 g/mol. The average molecular weight is 227 g/mol. The number of rotatable bonds is 0. The maximum Gasteiger partial charge on any atom is 0.0147 e. The van der Waals surface area contributed by atoms with Crippen molar-refractivity contribution in [3.8, 4) is 0 Å². The molecule has 4 rings (SSSR count). The summed E-state index contributed by atoms with van der Waals surface area (Å²) in [6.07, 6.45) is 12.2. The minimum atomic E-state index is 1.20. The van der Waals surface area contributed by atoms with Crippen molar-refractivity contribution in [2.24, 2.45) is 0 Å². The Balaban J connectivity index is 1.81. The van der Waals surface area contributed by atoms with Crippen LogP contribution < -0.4 is 5.32 Å². The molecule has 4 aliphatic rings. The number of nitrogens with one attached hydrogen (secondary N) is 1. The topological polar surface area (TPSA) is 12.0 Å². The van der Waals surface area contributed by atoms with E-state index in [0.717, 1.165) is 0 Å². The largest absolute Gasteiger partial charge is 0.388 e. The predicted molar refractivity (Wildman–Crippen MR) is 70.6 cm³/mol. The van der Waals surface area contributed by atoms with Gasteiger partial charge in [0, 0.05) is 12.2 Å². The molecule has 1 N–H and O–H groups in total. The van der Waals surface area contributed by atoms with E-state index in [9.17, 15) is 0 Å². The molecule has 0 fully saturated rings. The molecule has 90 valence electrons. The summed E-state index contributed by atoms with van der Waals surface area (Å²) in [5.74, 6) is 0. The molecule has 1 aliphatic heterocycles. The van der Waals surface area contributed by atoms with Gasteiger partial charge in [-0.1, -0.05) is 5.57 Å². The Labute approximate surface area is 104 Å². The molecule has 0 aromatic rings. The molecule has 0 bridgehead atoms. The maximum atomic E-state index is 3.64. The van der Waals surface area contributed by atoms with Crippen LogP contribution in [0.2, 0.25) is 0 Å². The Hall–Kier alpha value is -0.980. The zero-order valence-electron chi connectivity index (χ0n) is 10.6. The van der Waals surface area contributed by atoms with Gasteiger partial charge in [0.2, 0.25) is 0 Å². The molecule has 3 aliphatic carbocycles. The van der Waals surface area contributed by atoms with Gasteiger partial charge in [0.25, 0.3) is 0 Å². The standard InChI is InChI=1S/C16H21N/c1-3-11-6-7-14-13(12(11)4-1)8-9-16-15(14)5-2-10-17-16/h17H,1-10H2. The zero-order valence-corrected chi connectivity index (χ0v) is 10.6. The van der Waals surface area contributed by atoms with E-state index in [1.165, 1.54) is 64.3 Å². The Morgan fingerprint density at radius 1 is 0.588 bits per heavy atom. The second-order valence-corrected chi connectivity index (χ2v) is 5.88. The van der Waals surface area contributed by atoms with Crippen molar-refractivity contribution in [1.82, 2.24) is 5.32 Å². The highest BCUT2D eigenvalue weighted by Gasteiger charge is 2.30. The van der Waals surface area contributed by atoms with Gasteiger partial charge in [-0.2, -0.15) is 0 Å². The van der Waals surface area contributed by atoms with E-state index in [4.69, 9.17) is 0 Å². The molecular formula is C16H21N. The number of hydrogen-bond acceptors (Lipinski definition) is 1. The molecule has 0 saturated heterocycles. The molecule has 1 heterocycles. The first-order valence-corrected chi connectivity index (χ1v) is 7.33. The molecule has 0 aromatic carbocycles. The summed E-state index contributed by atoms with van der Waals surface area (Å²) in [5.41, 5.74) is 10.5. The summed E-state index contributed by atoms with van der Waals surface area (Å²) in [4.78, 5) is 0. The van der Waals surface area contributed by atoms with E-state index in [0.29, 0.717) is 0 Å². The lowest BCUT2D eigenvalue weighted by molar-refractivity contribution is 0.608. The fourth-order valence-corrected chi connectivity index (χ4v) is 4.27. The summed E-state index contributed by atoms with van der Waals surface area (Å²) in [6.45, 7) is 1.20. The van der Waals surface area contributed by atoms with Crippen LogP contribution in [0.25, 0.3) is 0 Å². The molecule has 1 nitrogen and oxygen atoms in total. The van der Waals surface area contributed by atoms with Crippen molar-refractivity contribution in [2.45, 2.75) is 57.8 Å². The normalized spacial score (nSPS) is 27.8. The van der Waals surface area contributed by atoms with Crippen molar-refractivity contribution in [2.75, 3.05) is 6.54 Å². The molecule has 0 aromatic heterocycles. The van der Waals surface area contributed by atoms with Crippen LogP contribution in [0.5, 0.6) is 0 Å². The average Bonchev–Trinajstić information content (AvgIpc) is 2.86. The summed E-state index contributed by atoms with van der Waals surface area (Å²) in [6, 6.07) is 0. The Kier molecular flexibility index (Phi) is 2.21. The summed E-state index contributed by atoms with van der Waals surface area (Å²) in [5, 5.41) is 3.64. The van der Waals surface area contributed by atoms with Crippen LogP contribution in [0.15, 0.2) is 33.6 Å². The van der Waals surface area contributed by atoms with Crippen molar-refractivity contribution in [3.05, 3.63) is 33.6 Å². The first kappa shape index (κ1) is 9.99. The van der Waals surface area contributed by atoms with Gasteiger partial charge in [-0.3, -0.25) is 0 Å². The van der Waals surface area contributed by atoms with Crippen molar-refractivity contribution in [3.63, 3.8) is 0 Å². The highest BCUT2D eigenvalue weighted by molar-refractivity contribution is 5.55. The number of hydrogen-bond donors (Lipinski definition) is 1. The van der Waals surface area contributed by atoms with Gasteiger partial charge in [0.15, 0.2) is 0 Å². The van der Waals surface area contributed by atoms with Crippen LogP contribution in [0.4, 0.5) is 0 Å². The highest BCUT2D eigenvalue weighted by Crippen LogP contribution is 2.48. The SMILES string of the molecule is C1CC2=C(C1)C1=C(CC2)C2=C(CC1)NCCC2. The smallest absolute Gasteiger partial charge is 0.0147 e. The Bertz CT molecular complexity index is 462. The van der Waals surface area contributed by atoms with Crippen LogP contribution >= 0.6 is 0 Å². The third kappa shape index (κ3) is 1.44. The fourth-order valence-electron chi connectivity index (χ4n) is 4.27. The summed E-state index contributed by atoms with van der Waals surface area (Å²) in [7, 11) is 0. The van der Waals surface area contributed by atoms with Gasteiger partial charge in [-0.05, 0) is 80.1 Å². The Morgan fingerprint density at radius 3 is 2.41 bits per heavy atom. The van der Waals surface area contributed by atoms with Gasteiger partial charge < -0.3 is 5.32 Å². The van der Waals surface area contributed by atoms with E-state index in [2.05, 4.69) is 5.32 Å². The highest BCUT2D eigenvalue weighted by atomic mass is 14.9. The van der Waals surface area contributed by atoms with Crippen LogP contribution in [-0.2, 0) is 0 Å². The van der Waals surface area contributed by atoms with E-state index >= 15 is 0 Å².